The van der Waals surface area contributed by atoms with Crippen LogP contribution in [-0.4, -0.2) is 57.0 Å². The fourth-order valence-electron chi connectivity index (χ4n) is 3.62. The van der Waals surface area contributed by atoms with Crippen molar-refractivity contribution in [3.63, 3.8) is 0 Å². The number of rotatable bonds is 4. The fraction of sp³-hybridized carbons (Fsp3) is 1.00. The van der Waals surface area contributed by atoms with Crippen molar-refractivity contribution < 1.29 is 9.47 Å². The summed E-state index contributed by atoms with van der Waals surface area (Å²) in [5.74, 6) is 0.653. The minimum atomic E-state index is 0.219. The Morgan fingerprint density at radius 3 is 2.17 bits per heavy atom. The Kier molecular flexibility index (Phi) is 5.42. The molecule has 4 heteroatoms. The lowest BCUT2D eigenvalue weighted by Gasteiger charge is -2.32. The lowest BCUT2D eigenvalue weighted by Crippen LogP contribution is -2.42. The summed E-state index contributed by atoms with van der Waals surface area (Å²) in [6.45, 7) is 2.81. The zero-order valence-corrected chi connectivity index (χ0v) is 11.8. The predicted molar refractivity (Wildman–Crippen MR) is 72.6 cm³/mol. The van der Waals surface area contributed by atoms with Gasteiger partial charge in [0.2, 0.25) is 0 Å². The molecule has 0 aromatic carbocycles. The van der Waals surface area contributed by atoms with Gasteiger partial charge in [-0.3, -0.25) is 4.90 Å². The quantitative estimate of drug-likeness (QED) is 0.769. The van der Waals surface area contributed by atoms with Gasteiger partial charge < -0.3 is 15.2 Å². The van der Waals surface area contributed by atoms with Crippen LogP contribution < -0.4 is 5.73 Å². The van der Waals surface area contributed by atoms with E-state index < -0.39 is 0 Å². The Balaban J connectivity index is 2.00. The minimum absolute atomic E-state index is 0.219. The van der Waals surface area contributed by atoms with Gasteiger partial charge in [0.05, 0.1) is 12.2 Å². The van der Waals surface area contributed by atoms with Gasteiger partial charge in [-0.05, 0) is 25.3 Å². The SMILES string of the molecule is COC1CN(C2CCCCCC2CN)CC1OC. The van der Waals surface area contributed by atoms with Gasteiger partial charge in [-0.25, -0.2) is 0 Å². The molecule has 1 saturated heterocycles. The molecule has 0 spiro atoms. The molecule has 0 amide bonds. The summed E-state index contributed by atoms with van der Waals surface area (Å²) in [5.41, 5.74) is 5.98. The van der Waals surface area contributed by atoms with Gasteiger partial charge in [0, 0.05) is 33.4 Å². The Labute approximate surface area is 111 Å². The summed E-state index contributed by atoms with van der Waals surface area (Å²) in [5, 5.41) is 0. The first-order valence-electron chi connectivity index (χ1n) is 7.29. The van der Waals surface area contributed by atoms with Gasteiger partial charge >= 0.3 is 0 Å². The van der Waals surface area contributed by atoms with Crippen LogP contribution in [0, 0.1) is 5.92 Å². The Bertz CT molecular complexity index is 238. The van der Waals surface area contributed by atoms with Crippen LogP contribution in [0.25, 0.3) is 0 Å². The largest absolute Gasteiger partial charge is 0.377 e. The van der Waals surface area contributed by atoms with Crippen LogP contribution in [0.5, 0.6) is 0 Å². The summed E-state index contributed by atoms with van der Waals surface area (Å²) < 4.78 is 11.1. The van der Waals surface area contributed by atoms with E-state index in [4.69, 9.17) is 15.2 Å². The number of hydrogen-bond donors (Lipinski definition) is 1. The lowest BCUT2D eigenvalue weighted by molar-refractivity contribution is -0.00461. The van der Waals surface area contributed by atoms with Crippen molar-refractivity contribution in [3.8, 4) is 0 Å². The third kappa shape index (κ3) is 3.05. The van der Waals surface area contributed by atoms with E-state index in [1.807, 2.05) is 0 Å². The molecule has 0 radical (unpaired) electrons. The van der Waals surface area contributed by atoms with Gasteiger partial charge in [0.1, 0.15) is 0 Å². The molecule has 1 aliphatic carbocycles. The van der Waals surface area contributed by atoms with E-state index in [1.54, 1.807) is 14.2 Å². The van der Waals surface area contributed by atoms with Gasteiger partial charge in [0.25, 0.3) is 0 Å². The maximum atomic E-state index is 5.98. The Morgan fingerprint density at radius 1 is 1.00 bits per heavy atom. The lowest BCUT2D eigenvalue weighted by atomic mass is 9.94. The highest BCUT2D eigenvalue weighted by atomic mass is 16.5. The second-order valence-electron chi connectivity index (χ2n) is 5.70. The highest BCUT2D eigenvalue weighted by molar-refractivity contribution is 4.92. The van der Waals surface area contributed by atoms with Gasteiger partial charge in [0.15, 0.2) is 0 Å². The third-order valence-electron chi connectivity index (χ3n) is 4.74. The van der Waals surface area contributed by atoms with E-state index in [-0.39, 0.29) is 12.2 Å². The van der Waals surface area contributed by atoms with Crippen molar-refractivity contribution in [1.29, 1.82) is 0 Å². The first-order chi connectivity index (χ1) is 8.80. The van der Waals surface area contributed by atoms with Crippen molar-refractivity contribution in [3.05, 3.63) is 0 Å². The molecule has 0 bridgehead atoms. The molecule has 1 saturated carbocycles. The molecular weight excluding hydrogens is 228 g/mol. The molecule has 0 aromatic rings. The molecule has 4 nitrogen and oxygen atoms in total. The Hall–Kier alpha value is -0.160. The summed E-state index contributed by atoms with van der Waals surface area (Å²) >= 11 is 0. The number of hydrogen-bond acceptors (Lipinski definition) is 4. The molecule has 1 aliphatic heterocycles. The highest BCUT2D eigenvalue weighted by Gasteiger charge is 2.38. The second-order valence-corrected chi connectivity index (χ2v) is 5.70. The number of nitrogens with zero attached hydrogens (tertiary/aromatic N) is 1. The van der Waals surface area contributed by atoms with E-state index in [0.29, 0.717) is 12.0 Å². The standard InChI is InChI=1S/C14H28N2O2/c1-17-13-9-16(10-14(13)18-2)12-7-5-3-4-6-11(12)8-15/h11-14H,3-10,15H2,1-2H3. The van der Waals surface area contributed by atoms with Crippen LogP contribution in [-0.2, 0) is 9.47 Å². The van der Waals surface area contributed by atoms with Crippen molar-refractivity contribution in [2.24, 2.45) is 11.7 Å². The van der Waals surface area contributed by atoms with E-state index in [1.165, 1.54) is 32.1 Å². The number of nitrogens with two attached hydrogens (primary N) is 1. The minimum Gasteiger partial charge on any atom is -0.377 e. The first-order valence-corrected chi connectivity index (χ1v) is 7.29. The van der Waals surface area contributed by atoms with E-state index in [2.05, 4.69) is 4.90 Å². The average molecular weight is 256 g/mol. The van der Waals surface area contributed by atoms with Crippen LogP contribution in [0.2, 0.25) is 0 Å². The van der Waals surface area contributed by atoms with Crippen LogP contribution in [0.15, 0.2) is 0 Å². The third-order valence-corrected chi connectivity index (χ3v) is 4.74. The molecule has 2 N–H and O–H groups in total. The molecule has 0 aromatic heterocycles. The second kappa shape index (κ2) is 6.85. The molecule has 4 atom stereocenters. The molecular formula is C14H28N2O2. The smallest absolute Gasteiger partial charge is 0.0971 e. The fourth-order valence-corrected chi connectivity index (χ4v) is 3.62. The summed E-state index contributed by atoms with van der Waals surface area (Å²) in [6, 6.07) is 0.635. The van der Waals surface area contributed by atoms with Crippen molar-refractivity contribution in [1.82, 2.24) is 4.90 Å². The molecule has 2 aliphatic rings. The number of ether oxygens (including phenoxy) is 2. The summed E-state index contributed by atoms with van der Waals surface area (Å²) in [7, 11) is 3.57. The molecule has 106 valence electrons. The van der Waals surface area contributed by atoms with E-state index >= 15 is 0 Å². The molecule has 4 unspecified atom stereocenters. The molecule has 1 heterocycles. The van der Waals surface area contributed by atoms with Crippen LogP contribution >= 0.6 is 0 Å². The number of methoxy groups -OCH3 is 2. The predicted octanol–water partition coefficient (Wildman–Crippen LogP) is 1.24. The van der Waals surface area contributed by atoms with Gasteiger partial charge in [-0.15, -0.1) is 0 Å². The zero-order chi connectivity index (χ0) is 13.0. The van der Waals surface area contributed by atoms with Crippen molar-refractivity contribution >= 4 is 0 Å². The number of likely N-dealkylation sites (tertiary alicyclic amines) is 1. The highest BCUT2D eigenvalue weighted by Crippen LogP contribution is 2.30. The normalized spacial score (nSPS) is 38.8. The average Bonchev–Trinajstić information content (AvgIpc) is 2.67. The van der Waals surface area contributed by atoms with Gasteiger partial charge in [-0.1, -0.05) is 19.3 Å². The van der Waals surface area contributed by atoms with Crippen molar-refractivity contribution in [2.45, 2.75) is 50.4 Å². The monoisotopic (exact) mass is 256 g/mol. The molecule has 2 fully saturated rings. The summed E-state index contributed by atoms with van der Waals surface area (Å²) in [6.07, 6.45) is 7.05. The summed E-state index contributed by atoms with van der Waals surface area (Å²) in [4.78, 5) is 2.56. The Morgan fingerprint density at radius 2 is 1.61 bits per heavy atom. The maximum absolute atomic E-state index is 5.98. The topological polar surface area (TPSA) is 47.7 Å². The van der Waals surface area contributed by atoms with Gasteiger partial charge in [-0.2, -0.15) is 0 Å². The maximum Gasteiger partial charge on any atom is 0.0971 e. The first kappa shape index (κ1) is 14.3. The van der Waals surface area contributed by atoms with Crippen LogP contribution in [0.4, 0.5) is 0 Å². The van der Waals surface area contributed by atoms with Crippen LogP contribution in [0.3, 0.4) is 0 Å². The molecule has 18 heavy (non-hydrogen) atoms. The van der Waals surface area contributed by atoms with Crippen LogP contribution in [0.1, 0.15) is 32.1 Å². The zero-order valence-electron chi connectivity index (χ0n) is 11.8. The van der Waals surface area contributed by atoms with Crippen molar-refractivity contribution in [2.75, 3.05) is 33.9 Å². The van der Waals surface area contributed by atoms with E-state index in [0.717, 1.165) is 19.6 Å². The van der Waals surface area contributed by atoms with E-state index in [9.17, 15) is 0 Å². The molecule has 2 rings (SSSR count).